The largest absolute Gasteiger partial charge is 0.448 e. The van der Waals surface area contributed by atoms with Crippen molar-refractivity contribution in [3.05, 3.63) is 89.0 Å². The highest BCUT2D eigenvalue weighted by Gasteiger charge is 2.50. The van der Waals surface area contributed by atoms with Gasteiger partial charge in [-0.1, -0.05) is 48.5 Å². The van der Waals surface area contributed by atoms with E-state index in [0.717, 1.165) is 25.5 Å². The summed E-state index contributed by atoms with van der Waals surface area (Å²) < 4.78 is 19.6. The second-order valence-electron chi connectivity index (χ2n) is 10.2. The molecular formula is C29H29FN2O3. The fraction of sp³-hybridized carbons (Fsp3) is 0.379. The molecular weight excluding hydrogens is 443 g/mol. The summed E-state index contributed by atoms with van der Waals surface area (Å²) in [6, 6.07) is 17.8. The van der Waals surface area contributed by atoms with Crippen LogP contribution in [0.3, 0.4) is 0 Å². The number of nitrogens with zero attached hydrogens (tertiary/aromatic N) is 2. The molecule has 3 aromatic rings. The molecule has 35 heavy (non-hydrogen) atoms. The van der Waals surface area contributed by atoms with Gasteiger partial charge in [-0.25, -0.2) is 9.18 Å². The Morgan fingerprint density at radius 2 is 1.69 bits per heavy atom. The Balaban J connectivity index is 1.21. The quantitative estimate of drug-likeness (QED) is 0.533. The van der Waals surface area contributed by atoms with Crippen LogP contribution in [0.5, 0.6) is 0 Å². The van der Waals surface area contributed by atoms with Gasteiger partial charge in [0.15, 0.2) is 0 Å². The number of aryl methyl sites for hydroxylation is 1. The number of hydrogen-bond acceptors (Lipinski definition) is 4. The summed E-state index contributed by atoms with van der Waals surface area (Å²) in [5.74, 6) is -0.398. The molecule has 2 aliphatic heterocycles. The van der Waals surface area contributed by atoms with Gasteiger partial charge in [0.05, 0.1) is 11.9 Å². The standard InChI is InChI=1S/C29H29FN2O3/c1-18-13-19(30)16-31-27(18)29(34)14-20-7-6-8-21(15-29)32(20)28(33)35-17-26-24-11-4-2-9-22(24)23-10-3-5-12-25(23)26/h2-5,9-13,16,20-21,26,34H,6-8,14-15,17H2,1H3. The molecule has 2 fully saturated rings. The third kappa shape index (κ3) is 3.71. The van der Waals surface area contributed by atoms with Crippen LogP contribution >= 0.6 is 0 Å². The van der Waals surface area contributed by atoms with Crippen molar-refractivity contribution in [2.75, 3.05) is 6.61 Å². The van der Waals surface area contributed by atoms with Crippen LogP contribution in [0.15, 0.2) is 60.8 Å². The Kier molecular flexibility index (Phi) is 5.37. The molecule has 0 spiro atoms. The summed E-state index contributed by atoms with van der Waals surface area (Å²) in [7, 11) is 0. The SMILES string of the molecule is Cc1cc(F)cnc1C1(O)CC2CCCC(C1)N2C(=O)OCC1c2ccccc2-c2ccccc21. The fourth-order valence-corrected chi connectivity index (χ4v) is 6.62. The molecule has 2 aromatic carbocycles. The zero-order chi connectivity index (χ0) is 24.2. The smallest absolute Gasteiger partial charge is 0.410 e. The summed E-state index contributed by atoms with van der Waals surface area (Å²) in [6.45, 7) is 2.06. The maximum absolute atomic E-state index is 13.6. The van der Waals surface area contributed by atoms with Gasteiger partial charge in [-0.3, -0.25) is 4.98 Å². The molecule has 1 aromatic heterocycles. The van der Waals surface area contributed by atoms with Crippen molar-refractivity contribution >= 4 is 6.09 Å². The van der Waals surface area contributed by atoms with Gasteiger partial charge in [0.2, 0.25) is 0 Å². The van der Waals surface area contributed by atoms with Gasteiger partial charge < -0.3 is 14.7 Å². The lowest BCUT2D eigenvalue weighted by atomic mass is 9.73. The predicted molar refractivity (Wildman–Crippen MR) is 130 cm³/mol. The normalized spacial score (nSPS) is 25.2. The molecule has 1 aliphatic carbocycles. The van der Waals surface area contributed by atoms with Crippen molar-refractivity contribution in [2.24, 2.45) is 0 Å². The lowest BCUT2D eigenvalue weighted by molar-refractivity contribution is -0.0916. The number of halogens is 1. The number of amides is 1. The molecule has 180 valence electrons. The number of hydrogen-bond donors (Lipinski definition) is 1. The van der Waals surface area contributed by atoms with Crippen LogP contribution in [0.1, 0.15) is 60.4 Å². The molecule has 0 saturated carbocycles. The second kappa shape index (κ2) is 8.45. The average molecular weight is 473 g/mol. The molecule has 2 bridgehead atoms. The van der Waals surface area contributed by atoms with Crippen molar-refractivity contribution in [3.63, 3.8) is 0 Å². The third-order valence-electron chi connectivity index (χ3n) is 8.04. The first-order chi connectivity index (χ1) is 16.9. The molecule has 2 saturated heterocycles. The van der Waals surface area contributed by atoms with Gasteiger partial charge >= 0.3 is 6.09 Å². The minimum absolute atomic E-state index is 0.0129. The van der Waals surface area contributed by atoms with Crippen LogP contribution in [-0.2, 0) is 10.3 Å². The Labute approximate surface area is 204 Å². The highest BCUT2D eigenvalue weighted by atomic mass is 19.1. The van der Waals surface area contributed by atoms with Crippen LogP contribution in [0, 0.1) is 12.7 Å². The molecule has 3 heterocycles. The molecule has 1 amide bonds. The summed E-state index contributed by atoms with van der Waals surface area (Å²) in [4.78, 5) is 19.5. The van der Waals surface area contributed by atoms with Gasteiger partial charge in [-0.2, -0.15) is 0 Å². The van der Waals surface area contributed by atoms with Crippen molar-refractivity contribution in [3.8, 4) is 11.1 Å². The van der Waals surface area contributed by atoms with Gasteiger partial charge in [0.1, 0.15) is 18.0 Å². The first-order valence-corrected chi connectivity index (χ1v) is 12.4. The molecule has 6 rings (SSSR count). The van der Waals surface area contributed by atoms with E-state index in [-0.39, 0.29) is 30.7 Å². The highest BCUT2D eigenvalue weighted by Crippen LogP contribution is 2.46. The number of aromatic nitrogens is 1. The molecule has 0 radical (unpaired) electrons. The van der Waals surface area contributed by atoms with E-state index in [0.29, 0.717) is 24.1 Å². The lowest BCUT2D eigenvalue weighted by Gasteiger charge is -2.51. The Morgan fingerprint density at radius 1 is 1.09 bits per heavy atom. The van der Waals surface area contributed by atoms with E-state index < -0.39 is 11.4 Å². The highest BCUT2D eigenvalue weighted by molar-refractivity contribution is 5.79. The maximum Gasteiger partial charge on any atom is 0.410 e. The van der Waals surface area contributed by atoms with Crippen LogP contribution in [0.4, 0.5) is 9.18 Å². The van der Waals surface area contributed by atoms with E-state index in [1.165, 1.54) is 28.3 Å². The summed E-state index contributed by atoms with van der Waals surface area (Å²) in [6.07, 6.45) is 4.24. The molecule has 6 heteroatoms. The molecule has 2 unspecified atom stereocenters. The number of pyridine rings is 1. The molecule has 2 atom stereocenters. The second-order valence-corrected chi connectivity index (χ2v) is 10.2. The Bertz CT molecular complexity index is 1230. The molecule has 3 aliphatic rings. The Morgan fingerprint density at radius 3 is 2.29 bits per heavy atom. The topological polar surface area (TPSA) is 62.7 Å². The zero-order valence-electron chi connectivity index (χ0n) is 19.8. The maximum atomic E-state index is 13.6. The minimum atomic E-state index is -1.17. The number of ether oxygens (including phenoxy) is 1. The van der Waals surface area contributed by atoms with E-state index >= 15 is 0 Å². The number of rotatable bonds is 3. The summed E-state index contributed by atoms with van der Waals surface area (Å²) >= 11 is 0. The number of aliphatic hydroxyl groups is 1. The zero-order valence-corrected chi connectivity index (χ0v) is 19.8. The number of benzene rings is 2. The van der Waals surface area contributed by atoms with Crippen LogP contribution in [0.25, 0.3) is 11.1 Å². The minimum Gasteiger partial charge on any atom is -0.448 e. The Hall–Kier alpha value is -3.25. The number of fused-ring (bicyclic) bond motifs is 5. The van der Waals surface area contributed by atoms with E-state index in [1.54, 1.807) is 6.92 Å². The average Bonchev–Trinajstić information content (AvgIpc) is 3.15. The number of carbonyl (C=O) groups is 1. The van der Waals surface area contributed by atoms with Crippen molar-refractivity contribution in [1.82, 2.24) is 9.88 Å². The van der Waals surface area contributed by atoms with E-state index in [4.69, 9.17) is 4.74 Å². The van der Waals surface area contributed by atoms with Gasteiger partial charge in [0.25, 0.3) is 0 Å². The summed E-state index contributed by atoms with van der Waals surface area (Å²) in [5, 5.41) is 11.6. The predicted octanol–water partition coefficient (Wildman–Crippen LogP) is 5.68. The fourth-order valence-electron chi connectivity index (χ4n) is 6.62. The van der Waals surface area contributed by atoms with Crippen molar-refractivity contribution in [2.45, 2.75) is 62.6 Å². The number of piperidine rings is 2. The first-order valence-electron chi connectivity index (χ1n) is 12.4. The molecule has 1 N–H and O–H groups in total. The van der Waals surface area contributed by atoms with E-state index in [2.05, 4.69) is 29.2 Å². The summed E-state index contributed by atoms with van der Waals surface area (Å²) in [5.41, 5.74) is 4.76. The van der Waals surface area contributed by atoms with Crippen LogP contribution in [0.2, 0.25) is 0 Å². The first kappa shape index (κ1) is 22.2. The van der Waals surface area contributed by atoms with E-state index in [1.807, 2.05) is 29.2 Å². The van der Waals surface area contributed by atoms with Crippen molar-refractivity contribution < 1.29 is 19.0 Å². The molecule has 5 nitrogen and oxygen atoms in total. The van der Waals surface area contributed by atoms with E-state index in [9.17, 15) is 14.3 Å². The van der Waals surface area contributed by atoms with Gasteiger partial charge in [-0.15, -0.1) is 0 Å². The van der Waals surface area contributed by atoms with Gasteiger partial charge in [0, 0.05) is 30.8 Å². The van der Waals surface area contributed by atoms with Crippen LogP contribution in [-0.4, -0.2) is 39.8 Å². The lowest BCUT2D eigenvalue weighted by Crippen LogP contribution is -2.59. The van der Waals surface area contributed by atoms with Gasteiger partial charge in [-0.05, 0) is 60.1 Å². The monoisotopic (exact) mass is 472 g/mol. The van der Waals surface area contributed by atoms with Crippen LogP contribution < -0.4 is 0 Å². The third-order valence-corrected chi connectivity index (χ3v) is 8.04. The number of carbonyl (C=O) groups excluding carboxylic acids is 1. The van der Waals surface area contributed by atoms with Crippen molar-refractivity contribution in [1.29, 1.82) is 0 Å².